The Kier molecular flexibility index (Phi) is 12.5. The fourth-order valence-corrected chi connectivity index (χ4v) is 2.12. The highest BCUT2D eigenvalue weighted by Gasteiger charge is 2.01. The Morgan fingerprint density at radius 3 is 2.47 bits per heavy atom. The average Bonchev–Trinajstić information content (AvgIpc) is 2.24. The van der Waals surface area contributed by atoms with Gasteiger partial charge in [0, 0.05) is 39.2 Å². The van der Waals surface area contributed by atoms with Crippen LogP contribution in [0, 0.1) is 0 Å². The molecule has 3 nitrogen and oxygen atoms in total. The number of hydrogen-bond donors (Lipinski definition) is 1. The molecule has 0 spiro atoms. The van der Waals surface area contributed by atoms with Gasteiger partial charge in [-0.3, -0.25) is 0 Å². The van der Waals surface area contributed by atoms with Gasteiger partial charge in [-0.15, -0.1) is 0 Å². The maximum atomic E-state index is 5.01. The zero-order chi connectivity index (χ0) is 11.4. The van der Waals surface area contributed by atoms with Gasteiger partial charge in [-0.2, -0.15) is 11.8 Å². The van der Waals surface area contributed by atoms with Crippen molar-refractivity contribution in [3.8, 4) is 0 Å². The lowest BCUT2D eigenvalue weighted by atomic mass is 10.4. The molecule has 0 radical (unpaired) electrons. The summed E-state index contributed by atoms with van der Waals surface area (Å²) in [5.41, 5.74) is 0. The smallest absolute Gasteiger partial charge is 0.0474 e. The van der Waals surface area contributed by atoms with Crippen LogP contribution in [-0.2, 0) is 9.47 Å². The van der Waals surface area contributed by atoms with E-state index in [1.54, 1.807) is 14.2 Å². The summed E-state index contributed by atoms with van der Waals surface area (Å²) in [6.07, 6.45) is 2.24. The van der Waals surface area contributed by atoms with Crippen molar-refractivity contribution in [1.29, 1.82) is 0 Å². The topological polar surface area (TPSA) is 30.5 Å². The van der Waals surface area contributed by atoms with Gasteiger partial charge in [0.15, 0.2) is 0 Å². The van der Waals surface area contributed by atoms with Gasteiger partial charge in [-0.1, -0.05) is 6.92 Å². The molecule has 0 aromatic heterocycles. The Balaban J connectivity index is 3.08. The molecule has 0 rings (SSSR count). The molecule has 0 aliphatic heterocycles. The fourth-order valence-electron chi connectivity index (χ4n) is 1.19. The summed E-state index contributed by atoms with van der Waals surface area (Å²) in [7, 11) is 3.50. The molecule has 1 unspecified atom stereocenters. The zero-order valence-corrected chi connectivity index (χ0v) is 11.1. The van der Waals surface area contributed by atoms with Crippen molar-refractivity contribution in [2.45, 2.75) is 25.0 Å². The Morgan fingerprint density at radius 1 is 1.13 bits per heavy atom. The first-order valence-corrected chi connectivity index (χ1v) is 6.66. The van der Waals surface area contributed by atoms with Crippen molar-refractivity contribution in [2.75, 3.05) is 46.3 Å². The molecule has 0 bridgehead atoms. The van der Waals surface area contributed by atoms with Gasteiger partial charge in [0.2, 0.25) is 0 Å². The Morgan fingerprint density at radius 2 is 1.80 bits per heavy atom. The highest BCUT2D eigenvalue weighted by molar-refractivity contribution is 7.99. The molecule has 4 heteroatoms. The fraction of sp³-hybridized carbons (Fsp3) is 1.00. The van der Waals surface area contributed by atoms with Crippen LogP contribution in [0.4, 0.5) is 0 Å². The maximum Gasteiger partial charge on any atom is 0.0474 e. The predicted octanol–water partition coefficient (Wildman–Crippen LogP) is 1.77. The van der Waals surface area contributed by atoms with Crippen LogP contribution in [0.2, 0.25) is 0 Å². The van der Waals surface area contributed by atoms with Gasteiger partial charge < -0.3 is 14.8 Å². The molecule has 0 saturated carbocycles. The van der Waals surface area contributed by atoms with Gasteiger partial charge >= 0.3 is 0 Å². The first kappa shape index (κ1) is 15.2. The highest BCUT2D eigenvalue weighted by atomic mass is 32.2. The zero-order valence-electron chi connectivity index (χ0n) is 10.3. The second-order valence-electron chi connectivity index (χ2n) is 3.58. The standard InChI is InChI=1S/C11H25NO2S/c1-11(15-9-5-8-14-3)10-12-6-4-7-13-2/h11-12H,4-10H2,1-3H3. The van der Waals surface area contributed by atoms with Crippen molar-refractivity contribution >= 4 is 11.8 Å². The van der Waals surface area contributed by atoms with E-state index in [0.29, 0.717) is 5.25 Å². The number of methoxy groups -OCH3 is 2. The molecular formula is C11H25NO2S. The minimum absolute atomic E-state index is 0.685. The van der Waals surface area contributed by atoms with E-state index >= 15 is 0 Å². The van der Waals surface area contributed by atoms with Crippen LogP contribution in [0.25, 0.3) is 0 Å². The van der Waals surface area contributed by atoms with Crippen LogP contribution in [0.5, 0.6) is 0 Å². The van der Waals surface area contributed by atoms with E-state index in [1.165, 1.54) is 5.75 Å². The third kappa shape index (κ3) is 12.2. The predicted molar refractivity (Wildman–Crippen MR) is 67.8 cm³/mol. The largest absolute Gasteiger partial charge is 0.385 e. The molecule has 15 heavy (non-hydrogen) atoms. The van der Waals surface area contributed by atoms with E-state index in [2.05, 4.69) is 12.2 Å². The number of rotatable bonds is 11. The first-order valence-electron chi connectivity index (χ1n) is 5.61. The van der Waals surface area contributed by atoms with E-state index in [1.807, 2.05) is 11.8 Å². The molecule has 0 aromatic carbocycles. The number of hydrogen-bond acceptors (Lipinski definition) is 4. The first-order chi connectivity index (χ1) is 7.31. The van der Waals surface area contributed by atoms with E-state index in [0.717, 1.165) is 39.1 Å². The summed E-state index contributed by atoms with van der Waals surface area (Å²) in [5, 5.41) is 4.11. The molecular weight excluding hydrogens is 210 g/mol. The van der Waals surface area contributed by atoms with Gasteiger partial charge in [0.25, 0.3) is 0 Å². The Hall–Kier alpha value is 0.230. The van der Waals surface area contributed by atoms with Crippen molar-refractivity contribution in [3.63, 3.8) is 0 Å². The summed E-state index contributed by atoms with van der Waals surface area (Å²) in [5.74, 6) is 1.19. The summed E-state index contributed by atoms with van der Waals surface area (Å²) < 4.78 is 9.99. The lowest BCUT2D eigenvalue weighted by Gasteiger charge is -2.12. The lowest BCUT2D eigenvalue weighted by Crippen LogP contribution is -2.24. The van der Waals surface area contributed by atoms with Gasteiger partial charge in [-0.05, 0) is 25.1 Å². The van der Waals surface area contributed by atoms with Crippen LogP contribution < -0.4 is 5.32 Å². The van der Waals surface area contributed by atoms with Crippen LogP contribution in [-0.4, -0.2) is 51.5 Å². The SMILES string of the molecule is COCCCNCC(C)SCCCOC. The van der Waals surface area contributed by atoms with E-state index in [-0.39, 0.29) is 0 Å². The van der Waals surface area contributed by atoms with Crippen molar-refractivity contribution < 1.29 is 9.47 Å². The number of ether oxygens (including phenoxy) is 2. The van der Waals surface area contributed by atoms with Gasteiger partial charge in [0.05, 0.1) is 0 Å². The summed E-state index contributed by atoms with van der Waals surface area (Å²) in [6, 6.07) is 0. The Bertz CT molecular complexity index is 125. The molecule has 0 aromatic rings. The van der Waals surface area contributed by atoms with Crippen LogP contribution in [0.3, 0.4) is 0 Å². The van der Waals surface area contributed by atoms with Crippen LogP contribution >= 0.6 is 11.8 Å². The molecule has 1 atom stereocenters. The van der Waals surface area contributed by atoms with Gasteiger partial charge in [0.1, 0.15) is 0 Å². The number of nitrogens with one attached hydrogen (secondary N) is 1. The van der Waals surface area contributed by atoms with Crippen molar-refractivity contribution in [2.24, 2.45) is 0 Å². The quantitative estimate of drug-likeness (QED) is 0.553. The minimum atomic E-state index is 0.685. The summed E-state index contributed by atoms with van der Waals surface area (Å²) in [6.45, 7) is 6.13. The second-order valence-corrected chi connectivity index (χ2v) is 5.12. The maximum absolute atomic E-state index is 5.01. The average molecular weight is 235 g/mol. The molecule has 0 aliphatic rings. The third-order valence-corrected chi connectivity index (χ3v) is 3.29. The van der Waals surface area contributed by atoms with Crippen molar-refractivity contribution in [1.82, 2.24) is 5.32 Å². The third-order valence-electron chi connectivity index (χ3n) is 2.03. The second kappa shape index (κ2) is 12.3. The summed E-state index contributed by atoms with van der Waals surface area (Å²) >= 11 is 2.01. The van der Waals surface area contributed by atoms with E-state index in [9.17, 15) is 0 Å². The number of thioether (sulfide) groups is 1. The molecule has 0 aliphatic carbocycles. The molecule has 0 heterocycles. The minimum Gasteiger partial charge on any atom is -0.385 e. The molecule has 92 valence electrons. The monoisotopic (exact) mass is 235 g/mol. The molecule has 0 fully saturated rings. The Labute approximate surface area is 98.3 Å². The van der Waals surface area contributed by atoms with E-state index in [4.69, 9.17) is 9.47 Å². The molecule has 1 N–H and O–H groups in total. The normalized spacial score (nSPS) is 13.0. The molecule has 0 amide bonds. The lowest BCUT2D eigenvalue weighted by molar-refractivity contribution is 0.194. The van der Waals surface area contributed by atoms with Crippen LogP contribution in [0.15, 0.2) is 0 Å². The van der Waals surface area contributed by atoms with E-state index < -0.39 is 0 Å². The highest BCUT2D eigenvalue weighted by Crippen LogP contribution is 2.10. The van der Waals surface area contributed by atoms with Gasteiger partial charge in [-0.25, -0.2) is 0 Å². The summed E-state index contributed by atoms with van der Waals surface area (Å²) in [4.78, 5) is 0. The van der Waals surface area contributed by atoms with Crippen molar-refractivity contribution in [3.05, 3.63) is 0 Å². The van der Waals surface area contributed by atoms with Crippen LogP contribution in [0.1, 0.15) is 19.8 Å². The molecule has 0 saturated heterocycles.